The first-order chi connectivity index (χ1) is 12.7. The van der Waals surface area contributed by atoms with E-state index in [9.17, 15) is 9.59 Å². The van der Waals surface area contributed by atoms with Gasteiger partial charge in [0.05, 0.1) is 0 Å². The number of carbonyl (C=O) groups is 2. The SMILES string of the molecule is CC(C)(C)NC(=S)N[C@@H](CCCCCC(=O)NO)C(=O)Nc1ccccc1. The lowest BCUT2D eigenvalue weighted by Crippen LogP contribution is -2.52. The largest absolute Gasteiger partial charge is 0.358 e. The van der Waals surface area contributed by atoms with Crippen molar-refractivity contribution in [1.29, 1.82) is 0 Å². The van der Waals surface area contributed by atoms with Crippen molar-refractivity contribution in [3.8, 4) is 0 Å². The van der Waals surface area contributed by atoms with Crippen molar-refractivity contribution in [2.75, 3.05) is 5.32 Å². The Bertz CT molecular complexity index is 617. The maximum Gasteiger partial charge on any atom is 0.246 e. The van der Waals surface area contributed by atoms with Gasteiger partial charge < -0.3 is 16.0 Å². The average Bonchev–Trinajstić information content (AvgIpc) is 2.59. The van der Waals surface area contributed by atoms with Gasteiger partial charge >= 0.3 is 0 Å². The lowest BCUT2D eigenvalue weighted by Gasteiger charge is -2.26. The highest BCUT2D eigenvalue weighted by atomic mass is 32.1. The van der Waals surface area contributed by atoms with E-state index in [2.05, 4.69) is 16.0 Å². The molecule has 150 valence electrons. The molecule has 27 heavy (non-hydrogen) atoms. The Balaban J connectivity index is 2.60. The molecule has 0 aliphatic rings. The molecule has 0 bridgehead atoms. The molecule has 1 rings (SSSR count). The van der Waals surface area contributed by atoms with Crippen LogP contribution in [0.4, 0.5) is 5.69 Å². The highest BCUT2D eigenvalue weighted by molar-refractivity contribution is 7.80. The van der Waals surface area contributed by atoms with Crippen LogP contribution in [0.25, 0.3) is 0 Å². The fourth-order valence-electron chi connectivity index (χ4n) is 2.42. The Kier molecular flexibility index (Phi) is 9.74. The Morgan fingerprint density at radius 1 is 1.11 bits per heavy atom. The number of hydrogen-bond donors (Lipinski definition) is 5. The number of hydrogen-bond acceptors (Lipinski definition) is 4. The molecule has 0 heterocycles. The summed E-state index contributed by atoms with van der Waals surface area (Å²) in [5, 5.41) is 18.1. The molecule has 1 atom stereocenters. The zero-order valence-corrected chi connectivity index (χ0v) is 17.0. The van der Waals surface area contributed by atoms with Gasteiger partial charge in [0.15, 0.2) is 5.11 Å². The molecule has 0 radical (unpaired) electrons. The van der Waals surface area contributed by atoms with Gasteiger partial charge in [-0.25, -0.2) is 5.48 Å². The van der Waals surface area contributed by atoms with Crippen LogP contribution in [-0.4, -0.2) is 33.7 Å². The van der Waals surface area contributed by atoms with Crippen LogP contribution in [0, 0.1) is 0 Å². The third-order valence-corrected chi connectivity index (χ3v) is 3.89. The average molecular weight is 395 g/mol. The molecule has 0 aromatic heterocycles. The van der Waals surface area contributed by atoms with E-state index in [1.807, 2.05) is 51.1 Å². The summed E-state index contributed by atoms with van der Waals surface area (Å²) < 4.78 is 0. The number of nitrogens with one attached hydrogen (secondary N) is 4. The summed E-state index contributed by atoms with van der Waals surface area (Å²) in [5.41, 5.74) is 2.14. The summed E-state index contributed by atoms with van der Waals surface area (Å²) in [6.07, 6.45) is 2.99. The van der Waals surface area contributed by atoms with Crippen LogP contribution in [0.2, 0.25) is 0 Å². The van der Waals surface area contributed by atoms with Gasteiger partial charge in [-0.3, -0.25) is 14.8 Å². The van der Waals surface area contributed by atoms with Crippen molar-refractivity contribution >= 4 is 34.8 Å². The fraction of sp³-hybridized carbons (Fsp3) is 0.526. The van der Waals surface area contributed by atoms with Gasteiger partial charge in [0.25, 0.3) is 0 Å². The molecular weight excluding hydrogens is 364 g/mol. The number of hydroxylamine groups is 1. The topological polar surface area (TPSA) is 102 Å². The lowest BCUT2D eigenvalue weighted by molar-refractivity contribution is -0.129. The van der Waals surface area contributed by atoms with Crippen LogP contribution in [0.15, 0.2) is 30.3 Å². The Hall–Kier alpha value is -2.19. The first kappa shape index (κ1) is 22.9. The van der Waals surface area contributed by atoms with E-state index in [0.29, 0.717) is 18.0 Å². The van der Waals surface area contributed by atoms with E-state index >= 15 is 0 Å². The zero-order valence-electron chi connectivity index (χ0n) is 16.2. The van der Waals surface area contributed by atoms with Gasteiger partial charge in [0.1, 0.15) is 6.04 Å². The van der Waals surface area contributed by atoms with Crippen molar-refractivity contribution in [3.05, 3.63) is 30.3 Å². The first-order valence-corrected chi connectivity index (χ1v) is 9.49. The molecule has 1 aromatic carbocycles. The molecule has 0 saturated carbocycles. The van der Waals surface area contributed by atoms with Crippen molar-refractivity contribution in [2.45, 2.75) is 64.5 Å². The Labute approximate surface area is 166 Å². The third kappa shape index (κ3) is 10.5. The predicted octanol–water partition coefficient (Wildman–Crippen LogP) is 2.71. The molecule has 7 nitrogen and oxygen atoms in total. The normalized spacial score (nSPS) is 12.0. The van der Waals surface area contributed by atoms with Crippen LogP contribution in [0.3, 0.4) is 0 Å². The summed E-state index contributed by atoms with van der Waals surface area (Å²) in [7, 11) is 0. The molecular formula is C19H30N4O3S. The number of unbranched alkanes of at least 4 members (excludes halogenated alkanes) is 2. The molecule has 0 fully saturated rings. The quantitative estimate of drug-likeness (QED) is 0.191. The minimum atomic E-state index is -0.487. The third-order valence-electron chi connectivity index (χ3n) is 3.67. The summed E-state index contributed by atoms with van der Waals surface area (Å²) in [6.45, 7) is 5.98. The molecule has 0 spiro atoms. The van der Waals surface area contributed by atoms with E-state index in [1.54, 1.807) is 5.48 Å². The second-order valence-corrected chi connectivity index (χ2v) is 7.80. The number of rotatable bonds is 9. The molecule has 2 amide bonds. The second-order valence-electron chi connectivity index (χ2n) is 7.39. The standard InChI is InChI=1S/C19H30N4O3S/c1-19(2,3)22-18(27)21-15(12-8-5-9-13-16(24)23-26)17(25)20-14-10-6-4-7-11-14/h4,6-7,10-11,15,26H,5,8-9,12-13H2,1-3H3,(H,20,25)(H,23,24)(H2,21,22,27)/t15-/m0/s1. The number of thiocarbonyl (C=S) groups is 1. The van der Waals surface area contributed by atoms with E-state index in [1.165, 1.54) is 0 Å². The monoisotopic (exact) mass is 394 g/mol. The Morgan fingerprint density at radius 2 is 1.78 bits per heavy atom. The van der Waals surface area contributed by atoms with Crippen molar-refractivity contribution in [3.63, 3.8) is 0 Å². The van der Waals surface area contributed by atoms with Crippen LogP contribution in [0.5, 0.6) is 0 Å². The molecule has 0 unspecified atom stereocenters. The maximum absolute atomic E-state index is 12.7. The van der Waals surface area contributed by atoms with Crippen LogP contribution < -0.4 is 21.4 Å². The van der Waals surface area contributed by atoms with Crippen molar-refractivity contribution in [1.82, 2.24) is 16.1 Å². The van der Waals surface area contributed by atoms with Gasteiger partial charge in [-0.15, -0.1) is 0 Å². The van der Waals surface area contributed by atoms with Gasteiger partial charge in [-0.2, -0.15) is 0 Å². The maximum atomic E-state index is 12.7. The van der Waals surface area contributed by atoms with Crippen LogP contribution in [-0.2, 0) is 9.59 Å². The van der Waals surface area contributed by atoms with E-state index in [-0.39, 0.29) is 17.9 Å². The second kappa shape index (κ2) is 11.5. The first-order valence-electron chi connectivity index (χ1n) is 9.09. The van der Waals surface area contributed by atoms with Gasteiger partial charge in [0, 0.05) is 17.6 Å². The highest BCUT2D eigenvalue weighted by Gasteiger charge is 2.21. The summed E-state index contributed by atoms with van der Waals surface area (Å²) in [5.74, 6) is -0.561. The van der Waals surface area contributed by atoms with Crippen LogP contribution >= 0.6 is 12.2 Å². The number of benzene rings is 1. The summed E-state index contributed by atoms with van der Waals surface area (Å²) in [4.78, 5) is 23.7. The summed E-state index contributed by atoms with van der Waals surface area (Å²) in [6, 6.07) is 8.77. The van der Waals surface area contributed by atoms with Gasteiger partial charge in [-0.1, -0.05) is 31.0 Å². The van der Waals surface area contributed by atoms with E-state index in [0.717, 1.165) is 18.5 Å². The molecule has 0 saturated heterocycles. The van der Waals surface area contributed by atoms with Crippen molar-refractivity contribution < 1.29 is 14.8 Å². The molecule has 0 aliphatic carbocycles. The van der Waals surface area contributed by atoms with Gasteiger partial charge in [0.2, 0.25) is 11.8 Å². The highest BCUT2D eigenvalue weighted by Crippen LogP contribution is 2.11. The molecule has 8 heteroatoms. The van der Waals surface area contributed by atoms with E-state index < -0.39 is 11.9 Å². The van der Waals surface area contributed by atoms with E-state index in [4.69, 9.17) is 17.4 Å². The number of para-hydroxylation sites is 1. The zero-order chi connectivity index (χ0) is 20.3. The smallest absolute Gasteiger partial charge is 0.246 e. The minimum Gasteiger partial charge on any atom is -0.358 e. The molecule has 5 N–H and O–H groups in total. The lowest BCUT2D eigenvalue weighted by atomic mass is 10.1. The summed E-state index contributed by atoms with van der Waals surface area (Å²) >= 11 is 5.33. The van der Waals surface area contributed by atoms with Crippen LogP contribution in [0.1, 0.15) is 52.9 Å². The molecule has 0 aliphatic heterocycles. The minimum absolute atomic E-state index is 0.160. The number of anilines is 1. The van der Waals surface area contributed by atoms with Crippen molar-refractivity contribution in [2.24, 2.45) is 0 Å². The number of amides is 2. The predicted molar refractivity (Wildman–Crippen MR) is 110 cm³/mol. The fourth-order valence-corrected chi connectivity index (χ4v) is 2.87. The number of carbonyl (C=O) groups excluding carboxylic acids is 2. The Morgan fingerprint density at radius 3 is 2.37 bits per heavy atom. The van der Waals surface area contributed by atoms with Gasteiger partial charge in [-0.05, 0) is 58.0 Å². The molecule has 1 aromatic rings.